The first-order valence-corrected chi connectivity index (χ1v) is 6.42. The molecule has 1 aliphatic heterocycles. The summed E-state index contributed by atoms with van der Waals surface area (Å²) in [4.78, 5) is 12.6. The summed E-state index contributed by atoms with van der Waals surface area (Å²) < 4.78 is 0. The second-order valence-electron chi connectivity index (χ2n) is 4.62. The van der Waals surface area contributed by atoms with Crippen molar-refractivity contribution in [1.82, 2.24) is 10.2 Å². The van der Waals surface area contributed by atoms with E-state index in [1.807, 2.05) is 12.1 Å². The molecular formula is C13H19N3O2. The zero-order chi connectivity index (χ0) is 12.8. The topological polar surface area (TPSA) is 58.4 Å². The summed E-state index contributed by atoms with van der Waals surface area (Å²) in [6, 6.07) is 6.88. The molecule has 0 aromatic heterocycles. The average molecular weight is 249 g/mol. The summed E-state index contributed by atoms with van der Waals surface area (Å²) in [5.74, 6) is 0. The Morgan fingerprint density at radius 1 is 1.22 bits per heavy atom. The summed E-state index contributed by atoms with van der Waals surface area (Å²) in [5, 5.41) is 13.9. The number of rotatable bonds is 4. The van der Waals surface area contributed by atoms with Gasteiger partial charge in [0.1, 0.15) is 0 Å². The fourth-order valence-corrected chi connectivity index (χ4v) is 2.20. The van der Waals surface area contributed by atoms with Crippen LogP contribution in [-0.4, -0.2) is 42.5 Å². The molecule has 1 heterocycles. The van der Waals surface area contributed by atoms with E-state index in [0.29, 0.717) is 0 Å². The summed E-state index contributed by atoms with van der Waals surface area (Å²) in [5.41, 5.74) is 1.33. The molecule has 5 nitrogen and oxygen atoms in total. The molecule has 0 radical (unpaired) electrons. The van der Waals surface area contributed by atoms with Crippen molar-refractivity contribution >= 4 is 5.69 Å². The molecule has 0 saturated carbocycles. The quantitative estimate of drug-likeness (QED) is 0.648. The summed E-state index contributed by atoms with van der Waals surface area (Å²) in [6.45, 7) is 5.42. The molecule has 1 aliphatic rings. The van der Waals surface area contributed by atoms with E-state index in [1.165, 1.54) is 6.42 Å². The van der Waals surface area contributed by atoms with Gasteiger partial charge in [-0.15, -0.1) is 0 Å². The number of nitrogens with zero attached hydrogens (tertiary/aromatic N) is 2. The maximum atomic E-state index is 10.5. The van der Waals surface area contributed by atoms with Gasteiger partial charge in [-0.2, -0.15) is 0 Å². The lowest BCUT2D eigenvalue weighted by atomic mass is 10.1. The molecule has 1 aromatic rings. The molecule has 0 spiro atoms. The zero-order valence-electron chi connectivity index (χ0n) is 10.5. The van der Waals surface area contributed by atoms with Crippen LogP contribution in [0.1, 0.15) is 12.0 Å². The van der Waals surface area contributed by atoms with Gasteiger partial charge in [0.25, 0.3) is 5.69 Å². The van der Waals surface area contributed by atoms with Crippen LogP contribution in [0, 0.1) is 10.1 Å². The highest BCUT2D eigenvalue weighted by atomic mass is 16.6. The van der Waals surface area contributed by atoms with Gasteiger partial charge in [-0.3, -0.25) is 10.1 Å². The van der Waals surface area contributed by atoms with E-state index in [4.69, 9.17) is 0 Å². The van der Waals surface area contributed by atoms with Crippen molar-refractivity contribution < 1.29 is 4.92 Å². The number of non-ortho nitro benzene ring substituents is 1. The number of nitro benzene ring substituents is 1. The molecule has 1 aromatic carbocycles. The van der Waals surface area contributed by atoms with E-state index in [-0.39, 0.29) is 10.6 Å². The third-order valence-corrected chi connectivity index (χ3v) is 3.30. The highest BCUT2D eigenvalue weighted by Crippen LogP contribution is 2.12. The third-order valence-electron chi connectivity index (χ3n) is 3.30. The highest BCUT2D eigenvalue weighted by molar-refractivity contribution is 5.32. The van der Waals surface area contributed by atoms with E-state index in [2.05, 4.69) is 10.2 Å². The summed E-state index contributed by atoms with van der Waals surface area (Å²) in [6.07, 6.45) is 2.15. The van der Waals surface area contributed by atoms with Crippen LogP contribution >= 0.6 is 0 Å². The predicted molar refractivity (Wildman–Crippen MR) is 70.7 cm³/mol. The molecule has 1 saturated heterocycles. The fraction of sp³-hybridized carbons (Fsp3) is 0.538. The Bertz CT molecular complexity index is 384. The second kappa shape index (κ2) is 6.47. The van der Waals surface area contributed by atoms with Crippen LogP contribution in [0.5, 0.6) is 0 Å². The number of nitro groups is 1. The smallest absolute Gasteiger partial charge is 0.269 e. The van der Waals surface area contributed by atoms with Crippen molar-refractivity contribution in [2.24, 2.45) is 0 Å². The minimum Gasteiger partial charge on any atom is -0.315 e. The standard InChI is InChI=1S/C13H19N3O2/c17-16(18)13-4-2-12(3-5-13)6-10-15-9-1-7-14-8-11-15/h2-5,14H,1,6-11H2. The van der Waals surface area contributed by atoms with E-state index < -0.39 is 0 Å². The average Bonchev–Trinajstić information content (AvgIpc) is 2.65. The number of benzene rings is 1. The normalized spacial score (nSPS) is 17.3. The van der Waals surface area contributed by atoms with Gasteiger partial charge in [-0.25, -0.2) is 0 Å². The second-order valence-corrected chi connectivity index (χ2v) is 4.62. The molecule has 0 bridgehead atoms. The molecule has 1 fully saturated rings. The van der Waals surface area contributed by atoms with Crippen molar-refractivity contribution in [2.75, 3.05) is 32.7 Å². The number of nitrogens with one attached hydrogen (secondary N) is 1. The molecule has 1 N–H and O–H groups in total. The van der Waals surface area contributed by atoms with E-state index in [1.54, 1.807) is 12.1 Å². The first-order chi connectivity index (χ1) is 8.75. The molecule has 0 atom stereocenters. The van der Waals surface area contributed by atoms with Crippen LogP contribution in [0.3, 0.4) is 0 Å². The highest BCUT2D eigenvalue weighted by Gasteiger charge is 2.09. The van der Waals surface area contributed by atoms with Crippen molar-refractivity contribution in [2.45, 2.75) is 12.8 Å². The molecule has 2 rings (SSSR count). The van der Waals surface area contributed by atoms with Gasteiger partial charge in [0, 0.05) is 31.8 Å². The lowest BCUT2D eigenvalue weighted by Gasteiger charge is -2.19. The SMILES string of the molecule is O=[N+]([O-])c1ccc(CCN2CCCNCC2)cc1. The van der Waals surface area contributed by atoms with E-state index >= 15 is 0 Å². The van der Waals surface area contributed by atoms with Crippen LogP contribution in [0.2, 0.25) is 0 Å². The van der Waals surface area contributed by atoms with Crippen LogP contribution in [0.4, 0.5) is 5.69 Å². The summed E-state index contributed by atoms with van der Waals surface area (Å²) >= 11 is 0. The maximum absolute atomic E-state index is 10.5. The van der Waals surface area contributed by atoms with Crippen LogP contribution in [-0.2, 0) is 6.42 Å². The van der Waals surface area contributed by atoms with Gasteiger partial charge in [-0.05, 0) is 31.5 Å². The van der Waals surface area contributed by atoms with Gasteiger partial charge in [0.05, 0.1) is 4.92 Å². The van der Waals surface area contributed by atoms with Gasteiger partial charge >= 0.3 is 0 Å². The molecule has 18 heavy (non-hydrogen) atoms. The first kappa shape index (κ1) is 13.0. The molecule has 5 heteroatoms. The Kier molecular flexibility index (Phi) is 4.66. The third kappa shape index (κ3) is 3.78. The van der Waals surface area contributed by atoms with Gasteiger partial charge in [0.15, 0.2) is 0 Å². The molecule has 0 aliphatic carbocycles. The largest absolute Gasteiger partial charge is 0.315 e. The molecule has 98 valence electrons. The van der Waals surface area contributed by atoms with E-state index in [0.717, 1.165) is 44.7 Å². The number of hydrogen-bond acceptors (Lipinski definition) is 4. The molecule has 0 unspecified atom stereocenters. The van der Waals surface area contributed by atoms with Gasteiger partial charge in [-0.1, -0.05) is 12.1 Å². The summed E-state index contributed by atoms with van der Waals surface area (Å²) in [7, 11) is 0. The Balaban J connectivity index is 1.83. The minimum absolute atomic E-state index is 0.165. The van der Waals surface area contributed by atoms with Crippen LogP contribution in [0.25, 0.3) is 0 Å². The van der Waals surface area contributed by atoms with Crippen LogP contribution in [0.15, 0.2) is 24.3 Å². The maximum Gasteiger partial charge on any atom is 0.269 e. The first-order valence-electron chi connectivity index (χ1n) is 6.42. The van der Waals surface area contributed by atoms with Crippen LogP contribution < -0.4 is 5.32 Å². The van der Waals surface area contributed by atoms with Gasteiger partial charge in [0.2, 0.25) is 0 Å². The monoisotopic (exact) mass is 249 g/mol. The molecule has 0 amide bonds. The lowest BCUT2D eigenvalue weighted by molar-refractivity contribution is -0.384. The lowest BCUT2D eigenvalue weighted by Crippen LogP contribution is -2.30. The van der Waals surface area contributed by atoms with Crippen molar-refractivity contribution in [3.63, 3.8) is 0 Å². The Hall–Kier alpha value is -1.46. The minimum atomic E-state index is -0.357. The zero-order valence-corrected chi connectivity index (χ0v) is 10.5. The Morgan fingerprint density at radius 3 is 2.72 bits per heavy atom. The predicted octanol–water partition coefficient (Wildman–Crippen LogP) is 1.43. The molecular weight excluding hydrogens is 230 g/mol. The Labute approximate surface area is 107 Å². The van der Waals surface area contributed by atoms with Crippen molar-refractivity contribution in [3.8, 4) is 0 Å². The van der Waals surface area contributed by atoms with Gasteiger partial charge < -0.3 is 10.2 Å². The fourth-order valence-electron chi connectivity index (χ4n) is 2.20. The Morgan fingerprint density at radius 2 is 2.00 bits per heavy atom. The number of hydrogen-bond donors (Lipinski definition) is 1. The van der Waals surface area contributed by atoms with E-state index in [9.17, 15) is 10.1 Å². The van der Waals surface area contributed by atoms with Crippen molar-refractivity contribution in [3.05, 3.63) is 39.9 Å². The van der Waals surface area contributed by atoms with Crippen molar-refractivity contribution in [1.29, 1.82) is 0 Å².